The molecule has 0 spiro atoms. The van der Waals surface area contributed by atoms with Crippen molar-refractivity contribution in [2.75, 3.05) is 20.3 Å². The molecular formula is C13H20BrNO2. The first-order valence-electron chi connectivity index (χ1n) is 5.78. The Kier molecular flexibility index (Phi) is 5.95. The molecular weight excluding hydrogens is 282 g/mol. The Bertz CT molecular complexity index is 357. The number of phenolic OH excluding ortho intramolecular Hbond substituents is 1. The monoisotopic (exact) mass is 301 g/mol. The second-order valence-corrected chi connectivity index (χ2v) is 5.00. The number of hydrogen-bond acceptors (Lipinski definition) is 3. The maximum atomic E-state index is 9.50. The van der Waals surface area contributed by atoms with Crippen LogP contribution < -0.4 is 0 Å². The highest BCUT2D eigenvalue weighted by atomic mass is 79.9. The second kappa shape index (κ2) is 6.99. The summed E-state index contributed by atoms with van der Waals surface area (Å²) in [6.07, 6.45) is 0. The second-order valence-electron chi connectivity index (χ2n) is 4.14. The molecule has 1 rings (SSSR count). The van der Waals surface area contributed by atoms with Gasteiger partial charge in [-0.2, -0.15) is 0 Å². The molecule has 17 heavy (non-hydrogen) atoms. The topological polar surface area (TPSA) is 32.7 Å². The fourth-order valence-corrected chi connectivity index (χ4v) is 2.20. The van der Waals surface area contributed by atoms with Gasteiger partial charge in [-0.1, -0.05) is 22.9 Å². The molecule has 0 bridgehead atoms. The zero-order valence-electron chi connectivity index (χ0n) is 10.6. The molecule has 0 fully saturated rings. The van der Waals surface area contributed by atoms with Crippen molar-refractivity contribution >= 4 is 15.9 Å². The zero-order chi connectivity index (χ0) is 12.8. The van der Waals surface area contributed by atoms with Gasteiger partial charge in [0.15, 0.2) is 0 Å². The van der Waals surface area contributed by atoms with Crippen LogP contribution in [-0.4, -0.2) is 36.3 Å². The van der Waals surface area contributed by atoms with Gasteiger partial charge in [-0.3, -0.25) is 4.90 Å². The van der Waals surface area contributed by atoms with E-state index in [0.717, 1.165) is 23.1 Å². The van der Waals surface area contributed by atoms with Gasteiger partial charge >= 0.3 is 0 Å². The van der Waals surface area contributed by atoms with Crippen molar-refractivity contribution in [1.29, 1.82) is 0 Å². The summed E-state index contributed by atoms with van der Waals surface area (Å²) >= 11 is 3.51. The molecule has 0 heterocycles. The standard InChI is InChI=1S/C13H20BrNO2/c1-4-15(10(2)9-17-3)8-11-7-12(16)5-6-13(11)14/h5-7,10,16H,4,8-9H2,1-3H3. The number of nitrogens with zero attached hydrogens (tertiary/aromatic N) is 1. The fraction of sp³-hybridized carbons (Fsp3) is 0.538. The summed E-state index contributed by atoms with van der Waals surface area (Å²) in [5.74, 6) is 0.304. The molecule has 0 amide bonds. The van der Waals surface area contributed by atoms with E-state index in [9.17, 15) is 5.11 Å². The third-order valence-corrected chi connectivity index (χ3v) is 3.61. The number of halogens is 1. The van der Waals surface area contributed by atoms with Crippen molar-refractivity contribution in [2.45, 2.75) is 26.4 Å². The number of likely N-dealkylation sites (N-methyl/N-ethyl adjacent to an activating group) is 1. The highest BCUT2D eigenvalue weighted by Gasteiger charge is 2.13. The van der Waals surface area contributed by atoms with Crippen LogP contribution in [0.25, 0.3) is 0 Å². The van der Waals surface area contributed by atoms with E-state index in [1.807, 2.05) is 6.07 Å². The van der Waals surface area contributed by atoms with Gasteiger partial charge < -0.3 is 9.84 Å². The molecule has 1 aromatic rings. The van der Waals surface area contributed by atoms with Crippen molar-refractivity contribution in [3.8, 4) is 5.75 Å². The van der Waals surface area contributed by atoms with Crippen molar-refractivity contribution in [3.63, 3.8) is 0 Å². The molecule has 0 saturated carbocycles. The Hall–Kier alpha value is -0.580. The first-order chi connectivity index (χ1) is 8.08. The maximum Gasteiger partial charge on any atom is 0.115 e. The lowest BCUT2D eigenvalue weighted by Gasteiger charge is -2.27. The minimum Gasteiger partial charge on any atom is -0.508 e. The lowest BCUT2D eigenvalue weighted by atomic mass is 10.1. The summed E-state index contributed by atoms with van der Waals surface area (Å²) in [4.78, 5) is 2.31. The SMILES string of the molecule is CCN(Cc1cc(O)ccc1Br)C(C)COC. The van der Waals surface area contributed by atoms with Gasteiger partial charge in [0.05, 0.1) is 6.61 Å². The summed E-state index contributed by atoms with van der Waals surface area (Å²) in [5.41, 5.74) is 1.09. The Morgan fingerprint density at radius 1 is 1.47 bits per heavy atom. The Labute approximate surface area is 112 Å². The molecule has 96 valence electrons. The van der Waals surface area contributed by atoms with Crippen LogP contribution in [0, 0.1) is 0 Å². The van der Waals surface area contributed by atoms with Gasteiger partial charge in [-0.15, -0.1) is 0 Å². The Balaban J connectivity index is 2.76. The van der Waals surface area contributed by atoms with E-state index in [1.165, 1.54) is 0 Å². The molecule has 1 N–H and O–H groups in total. The summed E-state index contributed by atoms with van der Waals surface area (Å²) in [7, 11) is 1.72. The van der Waals surface area contributed by atoms with Gasteiger partial charge in [0.25, 0.3) is 0 Å². The van der Waals surface area contributed by atoms with Crippen LogP contribution in [0.15, 0.2) is 22.7 Å². The van der Waals surface area contributed by atoms with Gasteiger partial charge in [0.2, 0.25) is 0 Å². The largest absolute Gasteiger partial charge is 0.508 e. The summed E-state index contributed by atoms with van der Waals surface area (Å²) < 4.78 is 6.20. The van der Waals surface area contributed by atoms with E-state index in [-0.39, 0.29) is 0 Å². The van der Waals surface area contributed by atoms with Crippen molar-refractivity contribution in [1.82, 2.24) is 4.90 Å². The van der Waals surface area contributed by atoms with Crippen molar-refractivity contribution in [2.24, 2.45) is 0 Å². The first-order valence-corrected chi connectivity index (χ1v) is 6.58. The van der Waals surface area contributed by atoms with E-state index in [0.29, 0.717) is 18.4 Å². The van der Waals surface area contributed by atoms with E-state index >= 15 is 0 Å². The molecule has 1 atom stereocenters. The summed E-state index contributed by atoms with van der Waals surface area (Å²) in [6.45, 7) is 6.74. The number of aromatic hydroxyl groups is 1. The van der Waals surface area contributed by atoms with E-state index in [4.69, 9.17) is 4.74 Å². The minimum atomic E-state index is 0.304. The lowest BCUT2D eigenvalue weighted by Crippen LogP contribution is -2.35. The van der Waals surface area contributed by atoms with E-state index in [1.54, 1.807) is 19.2 Å². The predicted molar refractivity (Wildman–Crippen MR) is 73.2 cm³/mol. The fourth-order valence-electron chi connectivity index (χ4n) is 1.83. The normalized spacial score (nSPS) is 13.0. The predicted octanol–water partition coefficient (Wildman–Crippen LogP) is 3.01. The molecule has 0 aliphatic heterocycles. The smallest absolute Gasteiger partial charge is 0.115 e. The van der Waals surface area contributed by atoms with Crippen molar-refractivity contribution < 1.29 is 9.84 Å². The molecule has 4 heteroatoms. The quantitative estimate of drug-likeness (QED) is 0.877. The summed E-state index contributed by atoms with van der Waals surface area (Å²) in [6, 6.07) is 5.72. The van der Waals surface area contributed by atoms with Gasteiger partial charge in [-0.05, 0) is 37.2 Å². The zero-order valence-corrected chi connectivity index (χ0v) is 12.2. The molecule has 3 nitrogen and oxygen atoms in total. The van der Waals surface area contributed by atoms with Crippen LogP contribution >= 0.6 is 15.9 Å². The molecule has 0 aliphatic rings. The van der Waals surface area contributed by atoms with Crippen LogP contribution in [0.5, 0.6) is 5.75 Å². The maximum absolute atomic E-state index is 9.50. The third kappa shape index (κ3) is 4.30. The first kappa shape index (κ1) is 14.5. The average Bonchev–Trinajstić information content (AvgIpc) is 2.30. The van der Waals surface area contributed by atoms with Gasteiger partial charge in [0.1, 0.15) is 5.75 Å². The number of rotatable bonds is 6. The number of phenols is 1. The van der Waals surface area contributed by atoms with E-state index in [2.05, 4.69) is 34.7 Å². The van der Waals surface area contributed by atoms with Gasteiger partial charge in [0, 0.05) is 24.2 Å². The molecule has 0 aromatic heterocycles. The highest BCUT2D eigenvalue weighted by molar-refractivity contribution is 9.10. The molecule has 0 saturated heterocycles. The minimum absolute atomic E-state index is 0.304. The Morgan fingerprint density at radius 3 is 2.76 bits per heavy atom. The highest BCUT2D eigenvalue weighted by Crippen LogP contribution is 2.23. The van der Waals surface area contributed by atoms with Crippen LogP contribution in [-0.2, 0) is 11.3 Å². The van der Waals surface area contributed by atoms with Crippen LogP contribution in [0.2, 0.25) is 0 Å². The molecule has 0 radical (unpaired) electrons. The van der Waals surface area contributed by atoms with Crippen LogP contribution in [0.1, 0.15) is 19.4 Å². The summed E-state index contributed by atoms with van der Waals surface area (Å²) in [5, 5.41) is 9.50. The van der Waals surface area contributed by atoms with Crippen LogP contribution in [0.4, 0.5) is 0 Å². The van der Waals surface area contributed by atoms with Crippen LogP contribution in [0.3, 0.4) is 0 Å². The number of hydrogen-bond donors (Lipinski definition) is 1. The number of benzene rings is 1. The third-order valence-electron chi connectivity index (χ3n) is 2.84. The van der Waals surface area contributed by atoms with Gasteiger partial charge in [-0.25, -0.2) is 0 Å². The molecule has 1 unspecified atom stereocenters. The van der Waals surface area contributed by atoms with E-state index < -0.39 is 0 Å². The lowest BCUT2D eigenvalue weighted by molar-refractivity contribution is 0.0980. The number of ether oxygens (including phenoxy) is 1. The average molecular weight is 302 g/mol. The van der Waals surface area contributed by atoms with Crippen molar-refractivity contribution in [3.05, 3.63) is 28.2 Å². The number of methoxy groups -OCH3 is 1. The molecule has 1 aromatic carbocycles. The molecule has 0 aliphatic carbocycles. The Morgan fingerprint density at radius 2 is 2.18 bits per heavy atom.